The summed E-state index contributed by atoms with van der Waals surface area (Å²) in [6, 6.07) is 31.2. The van der Waals surface area contributed by atoms with Crippen molar-refractivity contribution >= 4 is 74.6 Å². The number of rotatable bonds is 1. The summed E-state index contributed by atoms with van der Waals surface area (Å²) in [7, 11) is 2.21. The van der Waals surface area contributed by atoms with Gasteiger partial charge in [0.15, 0.2) is 0 Å². The fourth-order valence-electron chi connectivity index (χ4n) is 5.08. The molecule has 3 heteroatoms. The maximum Gasteiger partial charge on any atom is 0.281 e. The van der Waals surface area contributed by atoms with Gasteiger partial charge in [0.2, 0.25) is 0 Å². The second-order valence-electron chi connectivity index (χ2n) is 8.50. The molecule has 1 nitrogen and oxygen atoms in total. The molecule has 0 fully saturated rings. The van der Waals surface area contributed by atoms with E-state index in [2.05, 4.69) is 103 Å². The molecule has 0 aliphatic heterocycles. The normalized spacial score (nSPS) is 12.1. The molecule has 0 radical (unpaired) electrons. The average Bonchev–Trinajstić information content (AvgIpc) is 3.34. The zero-order valence-electron chi connectivity index (χ0n) is 17.8. The Kier molecular flexibility index (Phi) is 3.79. The number of nitrogens with zero attached hydrogens (tertiary/aromatic N) is 1. The molecule has 0 aliphatic rings. The lowest BCUT2D eigenvalue weighted by molar-refractivity contribution is -0.627. The third-order valence-electron chi connectivity index (χ3n) is 6.67. The molecule has 32 heavy (non-hydrogen) atoms. The molecule has 0 N–H and O–H groups in total. The van der Waals surface area contributed by atoms with Gasteiger partial charge in [0.25, 0.3) is 9.84 Å². The van der Waals surface area contributed by atoms with Crippen molar-refractivity contribution in [3.8, 4) is 10.6 Å². The Labute approximate surface area is 193 Å². The quantitative estimate of drug-likeness (QED) is 0.176. The molecule has 0 amide bonds. The van der Waals surface area contributed by atoms with Crippen molar-refractivity contribution < 1.29 is 4.57 Å². The minimum Gasteiger partial charge on any atom is -0.175 e. The lowest BCUT2D eigenvalue weighted by atomic mass is 9.94. The molecule has 0 saturated heterocycles. The summed E-state index contributed by atoms with van der Waals surface area (Å²) in [6.45, 7) is 2.20. The van der Waals surface area contributed by atoms with Crippen LogP contribution in [0.5, 0.6) is 0 Å². The number of thiophene rings is 1. The summed E-state index contributed by atoms with van der Waals surface area (Å²) in [5.74, 6) is 0. The van der Waals surface area contributed by atoms with E-state index in [9.17, 15) is 0 Å². The van der Waals surface area contributed by atoms with Gasteiger partial charge < -0.3 is 0 Å². The Bertz CT molecular complexity index is 1850. The van der Waals surface area contributed by atoms with Crippen molar-refractivity contribution in [1.29, 1.82) is 0 Å². The van der Waals surface area contributed by atoms with Crippen molar-refractivity contribution in [3.63, 3.8) is 0 Å². The fraction of sp³-hybridized carbons (Fsp3) is 0.0690. The maximum absolute atomic E-state index is 2.44. The number of aryl methyl sites for hydroxylation is 2. The fourth-order valence-corrected chi connectivity index (χ4v) is 7.81. The van der Waals surface area contributed by atoms with Gasteiger partial charge in [-0.05, 0) is 63.0 Å². The van der Waals surface area contributed by atoms with Crippen LogP contribution in [-0.4, -0.2) is 0 Å². The molecule has 152 valence electrons. The predicted octanol–water partition coefficient (Wildman–Crippen LogP) is 8.38. The second-order valence-corrected chi connectivity index (χ2v) is 10.5. The van der Waals surface area contributed by atoms with Gasteiger partial charge in [0.1, 0.15) is 11.7 Å². The number of fused-ring (bicyclic) bond motifs is 9. The highest BCUT2D eigenvalue weighted by atomic mass is 32.1. The van der Waals surface area contributed by atoms with E-state index < -0.39 is 0 Å². The largest absolute Gasteiger partial charge is 0.281 e. The first kappa shape index (κ1) is 18.3. The van der Waals surface area contributed by atoms with Crippen LogP contribution in [0.4, 0.5) is 0 Å². The average molecular weight is 447 g/mol. The van der Waals surface area contributed by atoms with Gasteiger partial charge in [0, 0.05) is 10.1 Å². The predicted molar refractivity (Wildman–Crippen MR) is 141 cm³/mol. The van der Waals surface area contributed by atoms with Gasteiger partial charge in [-0.2, -0.15) is 4.57 Å². The van der Waals surface area contributed by atoms with Crippen molar-refractivity contribution in [2.24, 2.45) is 7.05 Å². The summed E-state index contributed by atoms with van der Waals surface area (Å²) in [5.41, 5.74) is 2.65. The highest BCUT2D eigenvalue weighted by Gasteiger charge is 2.25. The van der Waals surface area contributed by atoms with E-state index in [1.54, 1.807) is 0 Å². The van der Waals surface area contributed by atoms with Crippen molar-refractivity contribution in [2.45, 2.75) is 6.92 Å². The highest BCUT2D eigenvalue weighted by molar-refractivity contribution is 7.32. The lowest BCUT2D eigenvalue weighted by Gasteiger charge is -2.10. The summed E-state index contributed by atoms with van der Waals surface area (Å²) in [4.78, 5) is 1.35. The third-order valence-corrected chi connectivity index (χ3v) is 9.34. The molecule has 7 aromatic rings. The van der Waals surface area contributed by atoms with E-state index in [0.29, 0.717) is 0 Å². The monoisotopic (exact) mass is 446 g/mol. The number of benzene rings is 5. The van der Waals surface area contributed by atoms with Crippen LogP contribution in [0.15, 0.2) is 84.9 Å². The number of hydrogen-bond donors (Lipinski definition) is 0. The summed E-state index contributed by atoms with van der Waals surface area (Å²) in [5, 5.41) is 10.7. The van der Waals surface area contributed by atoms with Gasteiger partial charge >= 0.3 is 0 Å². The Hall–Kier alpha value is -3.27. The van der Waals surface area contributed by atoms with E-state index >= 15 is 0 Å². The van der Waals surface area contributed by atoms with Gasteiger partial charge in [-0.15, -0.1) is 0 Å². The van der Waals surface area contributed by atoms with E-state index in [0.717, 1.165) is 0 Å². The first-order chi connectivity index (χ1) is 15.7. The number of thiazole rings is 1. The van der Waals surface area contributed by atoms with Crippen molar-refractivity contribution in [1.82, 2.24) is 0 Å². The zero-order chi connectivity index (χ0) is 21.4. The van der Waals surface area contributed by atoms with E-state index in [1.165, 1.54) is 68.1 Å². The molecule has 0 unspecified atom stereocenters. The maximum atomic E-state index is 2.44. The summed E-state index contributed by atoms with van der Waals surface area (Å²) >= 11 is 3.83. The van der Waals surface area contributed by atoms with Crippen LogP contribution >= 0.6 is 22.7 Å². The smallest absolute Gasteiger partial charge is 0.175 e. The van der Waals surface area contributed by atoms with Crippen LogP contribution in [0, 0.1) is 6.92 Å². The van der Waals surface area contributed by atoms with Crippen molar-refractivity contribution in [3.05, 3.63) is 90.5 Å². The first-order valence-electron chi connectivity index (χ1n) is 10.8. The third kappa shape index (κ3) is 2.41. The molecule has 0 saturated carbocycles. The van der Waals surface area contributed by atoms with Crippen LogP contribution in [0.25, 0.3) is 62.5 Å². The van der Waals surface area contributed by atoms with Gasteiger partial charge in [-0.3, -0.25) is 0 Å². The van der Waals surface area contributed by atoms with Crippen LogP contribution in [0.1, 0.15) is 5.56 Å². The standard InChI is InChI=1S/C29H20NS2/c1-17-9-3-4-10-18(17)28-30(2)29-27(32-28)25-15-23-21-13-7-5-11-19(21)20-12-6-8-14-22(20)24(23)16-26(25)31-29/h3-16H,1-2H3/q+1. The molecule has 2 aromatic heterocycles. The number of aromatic nitrogens is 1. The van der Waals surface area contributed by atoms with Crippen LogP contribution in [0.2, 0.25) is 0 Å². The molecule has 5 aromatic carbocycles. The molecule has 0 atom stereocenters. The zero-order valence-corrected chi connectivity index (χ0v) is 19.5. The second kappa shape index (κ2) is 6.61. The Balaban J connectivity index is 1.63. The van der Waals surface area contributed by atoms with E-state index in [1.807, 2.05) is 22.7 Å². The van der Waals surface area contributed by atoms with Gasteiger partial charge in [-0.25, -0.2) is 0 Å². The van der Waals surface area contributed by atoms with Crippen molar-refractivity contribution in [2.75, 3.05) is 0 Å². The van der Waals surface area contributed by atoms with Crippen LogP contribution in [-0.2, 0) is 7.05 Å². The van der Waals surface area contributed by atoms with Crippen LogP contribution in [0.3, 0.4) is 0 Å². The molecule has 7 rings (SSSR count). The van der Waals surface area contributed by atoms with Crippen LogP contribution < -0.4 is 4.57 Å². The minimum absolute atomic E-state index is 1.32. The van der Waals surface area contributed by atoms with Gasteiger partial charge in [0.05, 0.1) is 5.56 Å². The summed E-state index contributed by atoms with van der Waals surface area (Å²) < 4.78 is 5.14. The molecular formula is C29H20NS2+. The minimum atomic E-state index is 1.32. The molecular weight excluding hydrogens is 426 g/mol. The molecule has 2 heterocycles. The molecule has 0 bridgehead atoms. The van der Waals surface area contributed by atoms with E-state index in [-0.39, 0.29) is 0 Å². The topological polar surface area (TPSA) is 3.88 Å². The Morgan fingerprint density at radius 1 is 0.594 bits per heavy atom. The first-order valence-corrected chi connectivity index (χ1v) is 12.5. The van der Waals surface area contributed by atoms with Gasteiger partial charge in [-0.1, -0.05) is 89.4 Å². The Morgan fingerprint density at radius 3 is 1.81 bits per heavy atom. The van der Waals surface area contributed by atoms with E-state index in [4.69, 9.17) is 0 Å². The highest BCUT2D eigenvalue weighted by Crippen LogP contribution is 2.44. The SMILES string of the molecule is Cc1ccccc1-c1sc2c3cc4c5ccccc5c5ccccc5c4cc3sc2[n+]1C. The number of hydrogen-bond acceptors (Lipinski definition) is 2. The summed E-state index contributed by atoms with van der Waals surface area (Å²) in [6.07, 6.45) is 0. The lowest BCUT2D eigenvalue weighted by Crippen LogP contribution is -2.27. The Morgan fingerprint density at radius 2 is 1.16 bits per heavy atom. The molecule has 0 spiro atoms. The molecule has 0 aliphatic carbocycles.